The molecule has 1 N–H and O–H groups in total. The average Bonchev–Trinajstić information content (AvgIpc) is 3.36. The number of nitrogens with zero attached hydrogens (tertiary/aromatic N) is 2. The highest BCUT2D eigenvalue weighted by Gasteiger charge is 2.46. The van der Waals surface area contributed by atoms with E-state index in [1.54, 1.807) is 36.7 Å². The molecule has 4 rings (SSSR count). The highest BCUT2D eigenvalue weighted by Crippen LogP contribution is 2.41. The lowest BCUT2D eigenvalue weighted by molar-refractivity contribution is -0.140. The van der Waals surface area contributed by atoms with Crippen molar-refractivity contribution in [1.82, 2.24) is 9.88 Å². The van der Waals surface area contributed by atoms with Gasteiger partial charge in [-0.2, -0.15) is 0 Å². The number of hydrogen-bond donors (Lipinski definition) is 1. The molecular formula is C26H26N2O4. The monoisotopic (exact) mass is 430 g/mol. The molecule has 0 radical (unpaired) electrons. The van der Waals surface area contributed by atoms with Gasteiger partial charge < -0.3 is 14.4 Å². The first-order chi connectivity index (χ1) is 15.2. The van der Waals surface area contributed by atoms with Gasteiger partial charge in [0.15, 0.2) is 0 Å². The van der Waals surface area contributed by atoms with E-state index in [4.69, 9.17) is 4.42 Å². The van der Waals surface area contributed by atoms with Gasteiger partial charge in [-0.1, -0.05) is 32.9 Å². The largest absolute Gasteiger partial charge is 0.507 e. The topological polar surface area (TPSA) is 83.6 Å². The third kappa shape index (κ3) is 3.84. The number of benzene rings is 1. The van der Waals surface area contributed by atoms with E-state index >= 15 is 0 Å². The van der Waals surface area contributed by atoms with Gasteiger partial charge in [0.05, 0.1) is 24.4 Å². The number of ketones is 1. The summed E-state index contributed by atoms with van der Waals surface area (Å²) in [6.45, 7) is 8.24. The maximum atomic E-state index is 13.2. The molecule has 1 aromatic carbocycles. The lowest BCUT2D eigenvalue weighted by Gasteiger charge is -2.25. The quantitative estimate of drug-likeness (QED) is 0.361. The molecular weight excluding hydrogens is 404 g/mol. The van der Waals surface area contributed by atoms with E-state index in [0.717, 1.165) is 11.1 Å². The number of carbonyl (C=O) groups excluding carboxylic acids is 2. The molecule has 1 atom stereocenters. The van der Waals surface area contributed by atoms with Crippen LogP contribution in [0.5, 0.6) is 0 Å². The number of Topliss-reactive ketones (excluding diaryl/α,β-unsaturated/α-hetero) is 1. The summed E-state index contributed by atoms with van der Waals surface area (Å²) in [4.78, 5) is 31.7. The molecule has 0 aliphatic carbocycles. The minimum atomic E-state index is -0.749. The minimum absolute atomic E-state index is 0.0712. The van der Waals surface area contributed by atoms with E-state index in [1.165, 1.54) is 11.2 Å². The second-order valence-corrected chi connectivity index (χ2v) is 9.07. The Balaban J connectivity index is 1.90. The van der Waals surface area contributed by atoms with Gasteiger partial charge in [0.25, 0.3) is 11.7 Å². The molecule has 0 spiro atoms. The maximum absolute atomic E-state index is 13.2. The van der Waals surface area contributed by atoms with Gasteiger partial charge in [-0.25, -0.2) is 0 Å². The van der Waals surface area contributed by atoms with Crippen molar-refractivity contribution >= 4 is 17.4 Å². The number of furan rings is 1. The Morgan fingerprint density at radius 2 is 1.84 bits per heavy atom. The van der Waals surface area contributed by atoms with Gasteiger partial charge in [-0.05, 0) is 59.4 Å². The van der Waals surface area contributed by atoms with E-state index in [9.17, 15) is 14.7 Å². The van der Waals surface area contributed by atoms with Crippen molar-refractivity contribution in [2.45, 2.75) is 45.7 Å². The summed E-state index contributed by atoms with van der Waals surface area (Å²) < 4.78 is 5.42. The second-order valence-electron chi connectivity index (χ2n) is 9.07. The molecule has 164 valence electrons. The van der Waals surface area contributed by atoms with Gasteiger partial charge >= 0.3 is 0 Å². The van der Waals surface area contributed by atoms with Crippen LogP contribution in [0, 0.1) is 6.92 Å². The van der Waals surface area contributed by atoms with Crippen LogP contribution < -0.4 is 0 Å². The maximum Gasteiger partial charge on any atom is 0.296 e. The Bertz CT molecular complexity index is 1190. The Kier molecular flexibility index (Phi) is 5.46. The van der Waals surface area contributed by atoms with Crippen LogP contribution in [0.15, 0.2) is 71.1 Å². The lowest BCUT2D eigenvalue weighted by Crippen LogP contribution is -2.29. The zero-order valence-corrected chi connectivity index (χ0v) is 18.6. The first kappa shape index (κ1) is 21.6. The minimum Gasteiger partial charge on any atom is -0.507 e. The Hall–Kier alpha value is -3.67. The first-order valence-electron chi connectivity index (χ1n) is 10.5. The van der Waals surface area contributed by atoms with Gasteiger partial charge in [0, 0.05) is 18.0 Å². The normalized spacial score (nSPS) is 18.4. The van der Waals surface area contributed by atoms with E-state index in [0.29, 0.717) is 16.9 Å². The van der Waals surface area contributed by atoms with Crippen molar-refractivity contribution in [2.24, 2.45) is 0 Å². The fourth-order valence-corrected chi connectivity index (χ4v) is 3.99. The summed E-state index contributed by atoms with van der Waals surface area (Å²) in [5.41, 5.74) is 3.01. The number of pyridine rings is 1. The number of rotatable bonds is 4. The third-order valence-electron chi connectivity index (χ3n) is 5.83. The van der Waals surface area contributed by atoms with Crippen LogP contribution in [0.4, 0.5) is 0 Å². The molecule has 1 fully saturated rings. The summed E-state index contributed by atoms with van der Waals surface area (Å²) in [7, 11) is 0. The predicted octanol–water partition coefficient (Wildman–Crippen LogP) is 4.90. The summed E-state index contributed by atoms with van der Waals surface area (Å²) >= 11 is 0. The van der Waals surface area contributed by atoms with Crippen molar-refractivity contribution in [1.29, 1.82) is 0 Å². The fraction of sp³-hybridized carbons (Fsp3) is 0.269. The second kappa shape index (κ2) is 8.11. The van der Waals surface area contributed by atoms with Crippen LogP contribution in [0.3, 0.4) is 0 Å². The number of hydrogen-bond acceptors (Lipinski definition) is 5. The molecule has 1 amide bonds. The van der Waals surface area contributed by atoms with Crippen molar-refractivity contribution in [3.05, 3.63) is 94.7 Å². The lowest BCUT2D eigenvalue weighted by atomic mass is 9.84. The Morgan fingerprint density at radius 3 is 2.47 bits per heavy atom. The average molecular weight is 431 g/mol. The number of carbonyl (C=O) groups is 2. The van der Waals surface area contributed by atoms with Crippen molar-refractivity contribution in [3.8, 4) is 0 Å². The first-order valence-corrected chi connectivity index (χ1v) is 10.5. The zero-order valence-electron chi connectivity index (χ0n) is 18.6. The van der Waals surface area contributed by atoms with Crippen LogP contribution in [0.25, 0.3) is 5.76 Å². The molecule has 3 heterocycles. The van der Waals surface area contributed by atoms with Gasteiger partial charge in [-0.15, -0.1) is 0 Å². The molecule has 6 nitrogen and oxygen atoms in total. The number of aliphatic hydroxyl groups is 1. The summed E-state index contributed by atoms with van der Waals surface area (Å²) in [5, 5.41) is 11.4. The van der Waals surface area contributed by atoms with Crippen LogP contribution in [0.1, 0.15) is 54.8 Å². The highest BCUT2D eigenvalue weighted by molar-refractivity contribution is 6.46. The van der Waals surface area contributed by atoms with Crippen LogP contribution in [-0.4, -0.2) is 26.7 Å². The van der Waals surface area contributed by atoms with Gasteiger partial charge in [0.1, 0.15) is 11.5 Å². The van der Waals surface area contributed by atoms with Gasteiger partial charge in [-0.3, -0.25) is 14.6 Å². The number of aromatic nitrogens is 1. The number of amides is 1. The summed E-state index contributed by atoms with van der Waals surface area (Å²) in [6.07, 6.45) is 4.73. The predicted molar refractivity (Wildman–Crippen MR) is 121 cm³/mol. The van der Waals surface area contributed by atoms with Crippen LogP contribution >= 0.6 is 0 Å². The Morgan fingerprint density at radius 1 is 1.12 bits per heavy atom. The number of likely N-dealkylation sites (tertiary alicyclic amines) is 1. The van der Waals surface area contributed by atoms with E-state index < -0.39 is 17.7 Å². The summed E-state index contributed by atoms with van der Waals surface area (Å²) in [6, 6.07) is 12.1. The van der Waals surface area contributed by atoms with E-state index in [2.05, 4.69) is 25.8 Å². The molecule has 0 saturated carbocycles. The van der Waals surface area contributed by atoms with Crippen molar-refractivity contribution in [2.75, 3.05) is 0 Å². The molecule has 32 heavy (non-hydrogen) atoms. The summed E-state index contributed by atoms with van der Waals surface area (Å²) in [5.74, 6) is -1.00. The van der Waals surface area contributed by atoms with E-state index in [-0.39, 0.29) is 23.3 Å². The Labute approximate surface area is 187 Å². The molecule has 1 saturated heterocycles. The zero-order chi connectivity index (χ0) is 23.0. The van der Waals surface area contributed by atoms with Crippen molar-refractivity contribution in [3.63, 3.8) is 0 Å². The standard InChI is InChI=1S/C26H26N2O4/c1-16-7-8-18(26(2,3)4)14-20(16)23(29)21-22(17-9-11-27-12-10-17)28(25(31)24(21)30)15-19-6-5-13-32-19/h5-14,22,29H,15H2,1-4H3/b23-21+. The molecule has 1 aliphatic heterocycles. The van der Waals surface area contributed by atoms with E-state index in [1.807, 2.05) is 25.1 Å². The highest BCUT2D eigenvalue weighted by atomic mass is 16.3. The van der Waals surface area contributed by atoms with Crippen molar-refractivity contribution < 1.29 is 19.1 Å². The fourth-order valence-electron chi connectivity index (χ4n) is 3.99. The molecule has 1 aliphatic rings. The third-order valence-corrected chi connectivity index (χ3v) is 5.83. The molecule has 3 aromatic rings. The molecule has 1 unspecified atom stereocenters. The van der Waals surface area contributed by atoms with Crippen LogP contribution in [0.2, 0.25) is 0 Å². The smallest absolute Gasteiger partial charge is 0.296 e. The number of aliphatic hydroxyl groups excluding tert-OH is 1. The van der Waals surface area contributed by atoms with Crippen LogP contribution in [-0.2, 0) is 21.5 Å². The molecule has 6 heteroatoms. The van der Waals surface area contributed by atoms with Gasteiger partial charge in [0.2, 0.25) is 0 Å². The molecule has 2 aromatic heterocycles. The number of aryl methyl sites for hydroxylation is 1. The SMILES string of the molecule is Cc1ccc(C(C)(C)C)cc1/C(O)=C1\C(=O)C(=O)N(Cc2ccco2)C1c1ccncc1. The molecule has 0 bridgehead atoms.